The number of benzene rings is 1. The van der Waals surface area contributed by atoms with Gasteiger partial charge in [0.25, 0.3) is 0 Å². The fourth-order valence-corrected chi connectivity index (χ4v) is 2.47. The minimum atomic E-state index is -0.318. The number of thioether (sulfide) groups is 1. The molecule has 1 aromatic carbocycles. The first-order valence-electron chi connectivity index (χ1n) is 5.44. The molecule has 2 nitrogen and oxygen atoms in total. The number of rotatable bonds is 6. The fraction of sp³-hybridized carbons (Fsp3) is 0.500. The van der Waals surface area contributed by atoms with Gasteiger partial charge in [-0.1, -0.05) is 17.7 Å². The summed E-state index contributed by atoms with van der Waals surface area (Å²) in [6.45, 7) is 1.40. The van der Waals surface area contributed by atoms with Crippen LogP contribution in [0.1, 0.15) is 11.6 Å². The van der Waals surface area contributed by atoms with Crippen molar-refractivity contribution in [1.82, 2.24) is 4.90 Å². The van der Waals surface area contributed by atoms with E-state index in [1.54, 1.807) is 17.8 Å². The molecule has 2 N–H and O–H groups in total. The van der Waals surface area contributed by atoms with Crippen LogP contribution in [0.25, 0.3) is 0 Å². The van der Waals surface area contributed by atoms with E-state index in [0.29, 0.717) is 11.6 Å². The standard InChI is InChI=1S/C12H18ClFN2S/c1-16(5-6-17-2)12(8-15)10-4-3-9(14)7-11(10)13/h3-4,7,12H,5-6,8,15H2,1-2H3. The Balaban J connectivity index is 2.85. The first-order chi connectivity index (χ1) is 8.10. The van der Waals surface area contributed by atoms with E-state index in [9.17, 15) is 4.39 Å². The summed E-state index contributed by atoms with van der Waals surface area (Å²) in [6, 6.07) is 4.51. The summed E-state index contributed by atoms with van der Waals surface area (Å²) in [7, 11) is 2.01. The van der Waals surface area contributed by atoms with E-state index in [4.69, 9.17) is 17.3 Å². The predicted molar refractivity (Wildman–Crippen MR) is 74.2 cm³/mol. The van der Waals surface area contributed by atoms with Crippen molar-refractivity contribution in [2.75, 3.05) is 32.1 Å². The van der Waals surface area contributed by atoms with Gasteiger partial charge in [0, 0.05) is 29.9 Å². The van der Waals surface area contributed by atoms with Gasteiger partial charge in [0.2, 0.25) is 0 Å². The third-order valence-corrected chi connectivity index (χ3v) is 3.64. The number of nitrogens with two attached hydrogens (primary N) is 1. The summed E-state index contributed by atoms with van der Waals surface area (Å²) < 4.78 is 13.0. The summed E-state index contributed by atoms with van der Waals surface area (Å²) in [4.78, 5) is 2.15. The number of likely N-dealkylation sites (N-methyl/N-ethyl adjacent to an activating group) is 1. The molecule has 96 valence electrons. The lowest BCUT2D eigenvalue weighted by molar-refractivity contribution is 0.265. The molecule has 5 heteroatoms. The minimum absolute atomic E-state index is 0.0373. The van der Waals surface area contributed by atoms with E-state index in [2.05, 4.69) is 11.2 Å². The molecule has 0 saturated carbocycles. The summed E-state index contributed by atoms with van der Waals surface area (Å²) in [6.07, 6.45) is 2.07. The first kappa shape index (κ1) is 14.8. The lowest BCUT2D eigenvalue weighted by Gasteiger charge is -2.27. The fourth-order valence-electron chi connectivity index (χ4n) is 1.71. The summed E-state index contributed by atoms with van der Waals surface area (Å²) in [5.41, 5.74) is 6.67. The molecule has 1 aromatic rings. The molecule has 0 heterocycles. The molecule has 17 heavy (non-hydrogen) atoms. The van der Waals surface area contributed by atoms with Gasteiger partial charge in [-0.2, -0.15) is 11.8 Å². The van der Waals surface area contributed by atoms with E-state index in [-0.39, 0.29) is 11.9 Å². The van der Waals surface area contributed by atoms with Crippen molar-refractivity contribution in [3.8, 4) is 0 Å². The Hall–Kier alpha value is -0.290. The average Bonchev–Trinajstić information content (AvgIpc) is 2.30. The van der Waals surface area contributed by atoms with Gasteiger partial charge in [0.05, 0.1) is 0 Å². The van der Waals surface area contributed by atoms with Crippen LogP contribution in [0.3, 0.4) is 0 Å². The van der Waals surface area contributed by atoms with Crippen molar-refractivity contribution in [3.05, 3.63) is 34.6 Å². The molecule has 0 aliphatic carbocycles. The zero-order valence-corrected chi connectivity index (χ0v) is 11.7. The number of nitrogens with zero attached hydrogens (tertiary/aromatic N) is 1. The molecule has 0 aliphatic rings. The smallest absolute Gasteiger partial charge is 0.124 e. The van der Waals surface area contributed by atoms with Crippen molar-refractivity contribution in [2.24, 2.45) is 5.73 Å². The largest absolute Gasteiger partial charge is 0.329 e. The van der Waals surface area contributed by atoms with Gasteiger partial charge in [-0.15, -0.1) is 0 Å². The maximum atomic E-state index is 13.0. The Morgan fingerprint density at radius 1 is 1.53 bits per heavy atom. The Kier molecular flexibility index (Phi) is 6.27. The maximum Gasteiger partial charge on any atom is 0.124 e. The molecule has 0 amide bonds. The topological polar surface area (TPSA) is 29.3 Å². The van der Waals surface area contributed by atoms with Gasteiger partial charge in [-0.25, -0.2) is 4.39 Å². The predicted octanol–water partition coefficient (Wildman–Crippen LogP) is 2.77. The molecule has 0 saturated heterocycles. The molecule has 0 aromatic heterocycles. The van der Waals surface area contributed by atoms with E-state index >= 15 is 0 Å². The molecule has 1 rings (SSSR count). The second kappa shape index (κ2) is 7.21. The van der Waals surface area contributed by atoms with Gasteiger partial charge in [0.1, 0.15) is 5.82 Å². The lowest BCUT2D eigenvalue weighted by atomic mass is 10.1. The van der Waals surface area contributed by atoms with Crippen molar-refractivity contribution in [1.29, 1.82) is 0 Å². The highest BCUT2D eigenvalue weighted by Crippen LogP contribution is 2.26. The third kappa shape index (κ3) is 4.14. The first-order valence-corrected chi connectivity index (χ1v) is 7.21. The Morgan fingerprint density at radius 2 is 2.24 bits per heavy atom. The lowest BCUT2D eigenvalue weighted by Crippen LogP contribution is -2.32. The molecule has 0 radical (unpaired) electrons. The molecule has 0 fully saturated rings. The van der Waals surface area contributed by atoms with Crippen LogP contribution in [-0.2, 0) is 0 Å². The Bertz CT molecular complexity index is 362. The van der Waals surface area contributed by atoms with Crippen LogP contribution in [0, 0.1) is 5.82 Å². The van der Waals surface area contributed by atoms with Crippen LogP contribution in [0.15, 0.2) is 18.2 Å². The Labute approximate surface area is 111 Å². The van der Waals surface area contributed by atoms with Gasteiger partial charge < -0.3 is 5.73 Å². The van der Waals surface area contributed by atoms with Crippen LogP contribution in [0.2, 0.25) is 5.02 Å². The van der Waals surface area contributed by atoms with Crippen molar-refractivity contribution in [3.63, 3.8) is 0 Å². The van der Waals surface area contributed by atoms with E-state index in [0.717, 1.165) is 17.9 Å². The number of hydrogen-bond acceptors (Lipinski definition) is 3. The summed E-state index contributed by atoms with van der Waals surface area (Å²) in [5.74, 6) is 0.715. The minimum Gasteiger partial charge on any atom is -0.329 e. The molecule has 0 spiro atoms. The third-order valence-electron chi connectivity index (χ3n) is 2.72. The van der Waals surface area contributed by atoms with E-state index < -0.39 is 0 Å². The Morgan fingerprint density at radius 3 is 2.76 bits per heavy atom. The SMILES string of the molecule is CSCCN(C)C(CN)c1ccc(F)cc1Cl. The second-order valence-corrected chi connectivity index (χ2v) is 5.28. The maximum absolute atomic E-state index is 13.0. The normalized spacial score (nSPS) is 13.1. The van der Waals surface area contributed by atoms with Crippen LogP contribution >= 0.6 is 23.4 Å². The molecule has 1 atom stereocenters. The van der Waals surface area contributed by atoms with Crippen LogP contribution < -0.4 is 5.73 Å². The molecular weight excluding hydrogens is 259 g/mol. The van der Waals surface area contributed by atoms with Crippen LogP contribution in [-0.4, -0.2) is 37.0 Å². The van der Waals surface area contributed by atoms with Crippen molar-refractivity contribution >= 4 is 23.4 Å². The molecule has 0 aliphatic heterocycles. The van der Waals surface area contributed by atoms with Crippen molar-refractivity contribution in [2.45, 2.75) is 6.04 Å². The highest BCUT2D eigenvalue weighted by Gasteiger charge is 2.18. The van der Waals surface area contributed by atoms with Crippen LogP contribution in [0.4, 0.5) is 4.39 Å². The highest BCUT2D eigenvalue weighted by atomic mass is 35.5. The average molecular weight is 277 g/mol. The van der Waals surface area contributed by atoms with E-state index in [1.807, 2.05) is 7.05 Å². The van der Waals surface area contributed by atoms with Gasteiger partial charge >= 0.3 is 0 Å². The van der Waals surface area contributed by atoms with Crippen molar-refractivity contribution < 1.29 is 4.39 Å². The van der Waals surface area contributed by atoms with Gasteiger partial charge in [-0.3, -0.25) is 4.90 Å². The second-order valence-electron chi connectivity index (χ2n) is 3.89. The van der Waals surface area contributed by atoms with Gasteiger partial charge in [-0.05, 0) is 31.0 Å². The quantitative estimate of drug-likeness (QED) is 0.866. The summed E-state index contributed by atoms with van der Waals surface area (Å²) in [5, 5.41) is 0.441. The number of halogens is 2. The highest BCUT2D eigenvalue weighted by molar-refractivity contribution is 7.98. The zero-order valence-electron chi connectivity index (χ0n) is 10.1. The zero-order chi connectivity index (χ0) is 12.8. The summed E-state index contributed by atoms with van der Waals surface area (Å²) >= 11 is 7.84. The molecular formula is C12H18ClFN2S. The molecule has 0 bridgehead atoms. The monoisotopic (exact) mass is 276 g/mol. The van der Waals surface area contributed by atoms with Crippen LogP contribution in [0.5, 0.6) is 0 Å². The number of hydrogen-bond donors (Lipinski definition) is 1. The molecule has 1 unspecified atom stereocenters. The van der Waals surface area contributed by atoms with Gasteiger partial charge in [0.15, 0.2) is 0 Å². The van der Waals surface area contributed by atoms with E-state index in [1.165, 1.54) is 12.1 Å².